The fourth-order valence-corrected chi connectivity index (χ4v) is 2.09. The van der Waals surface area contributed by atoms with Gasteiger partial charge in [-0.05, 0) is 24.3 Å². The molecule has 3 nitrogen and oxygen atoms in total. The van der Waals surface area contributed by atoms with Gasteiger partial charge in [0.2, 0.25) is 0 Å². The van der Waals surface area contributed by atoms with Gasteiger partial charge in [0.1, 0.15) is 5.76 Å². The van der Waals surface area contributed by atoms with Gasteiger partial charge < -0.3 is 9.73 Å². The van der Waals surface area contributed by atoms with Gasteiger partial charge >= 0.3 is 0 Å². The summed E-state index contributed by atoms with van der Waals surface area (Å²) in [5, 5.41) is 4.56. The van der Waals surface area contributed by atoms with Crippen molar-refractivity contribution in [3.8, 4) is 0 Å². The predicted molar refractivity (Wildman–Crippen MR) is 75.9 cm³/mol. The highest BCUT2D eigenvalue weighted by molar-refractivity contribution is 5.78. The lowest BCUT2D eigenvalue weighted by Crippen LogP contribution is -2.17. The lowest BCUT2D eigenvalue weighted by molar-refractivity contribution is 0.498. The highest BCUT2D eigenvalue weighted by Crippen LogP contribution is 2.11. The van der Waals surface area contributed by atoms with Crippen molar-refractivity contribution in [3.05, 3.63) is 66.2 Å². The smallest absolute Gasteiger partial charge is 0.105 e. The van der Waals surface area contributed by atoms with Crippen LogP contribution in [-0.4, -0.2) is 11.5 Å². The average Bonchev–Trinajstić information content (AvgIpc) is 2.97. The maximum absolute atomic E-state index is 5.29. The molecule has 0 fully saturated rings. The first kappa shape index (κ1) is 11.9. The van der Waals surface area contributed by atoms with E-state index in [9.17, 15) is 0 Å². The van der Waals surface area contributed by atoms with E-state index in [2.05, 4.69) is 28.5 Å². The molecule has 0 spiro atoms. The number of benzene rings is 1. The van der Waals surface area contributed by atoms with Gasteiger partial charge in [0.25, 0.3) is 0 Å². The summed E-state index contributed by atoms with van der Waals surface area (Å²) in [7, 11) is 0. The Hall–Kier alpha value is -2.13. The summed E-state index contributed by atoms with van der Waals surface area (Å²) < 4.78 is 5.29. The van der Waals surface area contributed by atoms with E-state index in [1.54, 1.807) is 6.26 Å². The number of furan rings is 1. The zero-order chi connectivity index (χ0) is 12.9. The molecule has 1 aromatic carbocycles. The third kappa shape index (κ3) is 3.01. The minimum atomic E-state index is 0.783. The monoisotopic (exact) mass is 252 g/mol. The van der Waals surface area contributed by atoms with Crippen molar-refractivity contribution in [3.63, 3.8) is 0 Å². The van der Waals surface area contributed by atoms with Crippen molar-refractivity contribution in [2.45, 2.75) is 13.0 Å². The standard InChI is InChI=1S/C16H16N2O/c1-2-6-16-13(4-1)7-8-14(18-16)12-17-10-9-15-5-3-11-19-15/h1-8,11,17H,9-10,12H2. The van der Waals surface area contributed by atoms with Crippen molar-refractivity contribution in [1.29, 1.82) is 0 Å². The Kier molecular flexibility index (Phi) is 3.56. The Morgan fingerprint density at radius 1 is 1.00 bits per heavy atom. The quantitative estimate of drug-likeness (QED) is 0.709. The third-order valence-electron chi connectivity index (χ3n) is 3.09. The van der Waals surface area contributed by atoms with Crippen LogP contribution >= 0.6 is 0 Å². The molecule has 0 aliphatic carbocycles. The van der Waals surface area contributed by atoms with Gasteiger partial charge in [-0.15, -0.1) is 0 Å². The molecule has 0 bridgehead atoms. The second kappa shape index (κ2) is 5.67. The molecule has 96 valence electrons. The van der Waals surface area contributed by atoms with Crippen LogP contribution in [0.15, 0.2) is 59.2 Å². The summed E-state index contributed by atoms with van der Waals surface area (Å²) >= 11 is 0. The normalized spacial score (nSPS) is 10.9. The molecule has 19 heavy (non-hydrogen) atoms. The minimum Gasteiger partial charge on any atom is -0.469 e. The van der Waals surface area contributed by atoms with Crippen LogP contribution in [0.5, 0.6) is 0 Å². The largest absolute Gasteiger partial charge is 0.469 e. The fraction of sp³-hybridized carbons (Fsp3) is 0.188. The molecular weight excluding hydrogens is 236 g/mol. The van der Waals surface area contributed by atoms with Crippen LogP contribution in [0.4, 0.5) is 0 Å². The number of hydrogen-bond donors (Lipinski definition) is 1. The second-order valence-electron chi connectivity index (χ2n) is 4.50. The van der Waals surface area contributed by atoms with E-state index in [-0.39, 0.29) is 0 Å². The van der Waals surface area contributed by atoms with E-state index in [0.29, 0.717) is 0 Å². The van der Waals surface area contributed by atoms with E-state index < -0.39 is 0 Å². The average molecular weight is 252 g/mol. The maximum atomic E-state index is 5.29. The topological polar surface area (TPSA) is 38.1 Å². The van der Waals surface area contributed by atoms with Crippen LogP contribution in [0.25, 0.3) is 10.9 Å². The summed E-state index contributed by atoms with van der Waals surface area (Å²) in [4.78, 5) is 4.62. The number of aromatic nitrogens is 1. The molecule has 2 heterocycles. The summed E-state index contributed by atoms with van der Waals surface area (Å²) in [5.74, 6) is 1.01. The molecule has 1 N–H and O–H groups in total. The lowest BCUT2D eigenvalue weighted by atomic mass is 10.2. The number of nitrogens with one attached hydrogen (secondary N) is 1. The van der Waals surface area contributed by atoms with Crippen molar-refractivity contribution < 1.29 is 4.42 Å². The molecule has 3 heteroatoms. The molecule has 0 unspecified atom stereocenters. The number of hydrogen-bond acceptors (Lipinski definition) is 3. The van der Waals surface area contributed by atoms with Crippen LogP contribution in [0.2, 0.25) is 0 Å². The van der Waals surface area contributed by atoms with Crippen LogP contribution < -0.4 is 5.32 Å². The zero-order valence-corrected chi connectivity index (χ0v) is 10.7. The summed E-state index contributed by atoms with van der Waals surface area (Å²) in [6, 6.07) is 16.3. The molecule has 0 aliphatic rings. The second-order valence-corrected chi connectivity index (χ2v) is 4.50. The number of rotatable bonds is 5. The minimum absolute atomic E-state index is 0.783. The highest BCUT2D eigenvalue weighted by Gasteiger charge is 1.99. The van der Waals surface area contributed by atoms with E-state index in [4.69, 9.17) is 4.42 Å². The molecule has 3 rings (SSSR count). The summed E-state index contributed by atoms with van der Waals surface area (Å²) in [6.45, 7) is 1.67. The van der Waals surface area contributed by atoms with Crippen LogP contribution in [0.1, 0.15) is 11.5 Å². The van der Waals surface area contributed by atoms with Gasteiger partial charge in [0.05, 0.1) is 17.5 Å². The van der Waals surface area contributed by atoms with E-state index in [1.165, 1.54) is 5.39 Å². The van der Waals surface area contributed by atoms with Crippen molar-refractivity contribution in [1.82, 2.24) is 10.3 Å². The van der Waals surface area contributed by atoms with E-state index in [0.717, 1.165) is 36.5 Å². The van der Waals surface area contributed by atoms with E-state index in [1.807, 2.05) is 30.3 Å². The molecule has 3 aromatic rings. The molecule has 0 amide bonds. The number of fused-ring (bicyclic) bond motifs is 1. The first-order valence-electron chi connectivity index (χ1n) is 6.49. The van der Waals surface area contributed by atoms with Gasteiger partial charge in [-0.3, -0.25) is 4.98 Å². The zero-order valence-electron chi connectivity index (χ0n) is 10.7. The fourth-order valence-electron chi connectivity index (χ4n) is 2.09. The predicted octanol–water partition coefficient (Wildman–Crippen LogP) is 3.16. The van der Waals surface area contributed by atoms with Gasteiger partial charge in [-0.25, -0.2) is 0 Å². The molecule has 2 aromatic heterocycles. The van der Waals surface area contributed by atoms with Crippen molar-refractivity contribution >= 4 is 10.9 Å². The number of pyridine rings is 1. The molecular formula is C16H16N2O. The summed E-state index contributed by atoms with van der Waals surface area (Å²) in [6.07, 6.45) is 2.61. The molecule has 0 saturated carbocycles. The summed E-state index contributed by atoms with van der Waals surface area (Å²) in [5.41, 5.74) is 2.12. The lowest BCUT2D eigenvalue weighted by Gasteiger charge is -2.04. The van der Waals surface area contributed by atoms with Gasteiger partial charge in [0.15, 0.2) is 0 Å². The maximum Gasteiger partial charge on any atom is 0.105 e. The van der Waals surface area contributed by atoms with Crippen LogP contribution in [0, 0.1) is 0 Å². The highest BCUT2D eigenvalue weighted by atomic mass is 16.3. The number of para-hydroxylation sites is 1. The third-order valence-corrected chi connectivity index (χ3v) is 3.09. The molecule has 0 atom stereocenters. The first-order chi connectivity index (χ1) is 9.42. The Morgan fingerprint density at radius 3 is 2.84 bits per heavy atom. The Morgan fingerprint density at radius 2 is 1.95 bits per heavy atom. The van der Waals surface area contributed by atoms with Crippen LogP contribution in [-0.2, 0) is 13.0 Å². The van der Waals surface area contributed by atoms with Crippen molar-refractivity contribution in [2.24, 2.45) is 0 Å². The van der Waals surface area contributed by atoms with Gasteiger partial charge in [-0.1, -0.05) is 24.3 Å². The molecule has 0 aliphatic heterocycles. The van der Waals surface area contributed by atoms with E-state index >= 15 is 0 Å². The Labute approximate surface area is 112 Å². The molecule has 0 saturated heterocycles. The van der Waals surface area contributed by atoms with Gasteiger partial charge in [-0.2, -0.15) is 0 Å². The Balaban J connectivity index is 1.56. The molecule has 0 radical (unpaired) electrons. The number of nitrogens with zero attached hydrogens (tertiary/aromatic N) is 1. The van der Waals surface area contributed by atoms with Crippen molar-refractivity contribution in [2.75, 3.05) is 6.54 Å². The Bertz CT molecular complexity index is 647. The SMILES string of the molecule is c1coc(CCNCc2ccc3ccccc3n2)c1. The van der Waals surface area contributed by atoms with Crippen LogP contribution in [0.3, 0.4) is 0 Å². The van der Waals surface area contributed by atoms with Gasteiger partial charge in [0, 0.05) is 24.9 Å². The first-order valence-corrected chi connectivity index (χ1v) is 6.49.